The van der Waals surface area contributed by atoms with Gasteiger partial charge in [-0.25, -0.2) is 17.9 Å². The van der Waals surface area contributed by atoms with Crippen molar-refractivity contribution in [3.8, 4) is 0 Å². The van der Waals surface area contributed by atoms with Gasteiger partial charge in [-0.1, -0.05) is 25.4 Å². The first kappa shape index (κ1) is 23.6. The number of benzene rings is 1. The van der Waals surface area contributed by atoms with Crippen molar-refractivity contribution < 1.29 is 27.5 Å². The van der Waals surface area contributed by atoms with Gasteiger partial charge in [0.15, 0.2) is 6.61 Å². The fourth-order valence-electron chi connectivity index (χ4n) is 2.60. The molecule has 0 unspecified atom stereocenters. The molecule has 1 aromatic carbocycles. The smallest absolute Gasteiger partial charge is 0.338 e. The van der Waals surface area contributed by atoms with E-state index in [1.807, 2.05) is 20.8 Å². The van der Waals surface area contributed by atoms with E-state index in [4.69, 9.17) is 21.1 Å². The maximum Gasteiger partial charge on any atom is 0.338 e. The molecule has 1 saturated heterocycles. The van der Waals surface area contributed by atoms with Gasteiger partial charge >= 0.3 is 5.97 Å². The van der Waals surface area contributed by atoms with Crippen molar-refractivity contribution in [1.82, 2.24) is 10.0 Å². The topological polar surface area (TPSA) is 111 Å². The summed E-state index contributed by atoms with van der Waals surface area (Å²) in [5, 5.41) is 2.70. The number of carbonyl (C=O) groups is 2. The van der Waals surface area contributed by atoms with Gasteiger partial charge in [0.05, 0.1) is 16.7 Å². The second-order valence-electron chi connectivity index (χ2n) is 7.31. The predicted octanol–water partition coefficient (Wildman–Crippen LogP) is 2.11. The first-order valence-corrected chi connectivity index (χ1v) is 11.3. The van der Waals surface area contributed by atoms with Crippen molar-refractivity contribution >= 4 is 33.5 Å². The van der Waals surface area contributed by atoms with Crippen LogP contribution in [0.4, 0.5) is 0 Å². The lowest BCUT2D eigenvalue weighted by atomic mass is 10.1. The molecule has 1 amide bonds. The Morgan fingerprint density at radius 1 is 1.31 bits per heavy atom. The van der Waals surface area contributed by atoms with Gasteiger partial charge in [-0.05, 0) is 43.9 Å². The van der Waals surface area contributed by atoms with Gasteiger partial charge in [-0.3, -0.25) is 4.79 Å². The molecule has 2 rings (SSSR count). The predicted molar refractivity (Wildman–Crippen MR) is 108 cm³/mol. The summed E-state index contributed by atoms with van der Waals surface area (Å²) in [6, 6.07) is 3.72. The molecule has 0 spiro atoms. The van der Waals surface area contributed by atoms with E-state index >= 15 is 0 Å². The fourth-order valence-corrected chi connectivity index (χ4v) is 4.19. The summed E-state index contributed by atoms with van der Waals surface area (Å²) < 4.78 is 38.0. The summed E-state index contributed by atoms with van der Waals surface area (Å²) in [7, 11) is -3.94. The number of carbonyl (C=O) groups excluding carboxylic acids is 2. The van der Waals surface area contributed by atoms with Gasteiger partial charge in [0.25, 0.3) is 5.91 Å². The van der Waals surface area contributed by atoms with Gasteiger partial charge in [0.1, 0.15) is 4.90 Å². The van der Waals surface area contributed by atoms with E-state index in [2.05, 4.69) is 10.0 Å². The summed E-state index contributed by atoms with van der Waals surface area (Å²) >= 11 is 6.03. The Kier molecular flexibility index (Phi) is 8.45. The Hall–Kier alpha value is -1.68. The molecule has 1 heterocycles. The zero-order valence-electron chi connectivity index (χ0n) is 16.7. The molecule has 29 heavy (non-hydrogen) atoms. The van der Waals surface area contributed by atoms with Crippen LogP contribution in [0.3, 0.4) is 0 Å². The Morgan fingerprint density at radius 2 is 2.03 bits per heavy atom. The summed E-state index contributed by atoms with van der Waals surface area (Å²) in [5.41, 5.74) is -0.0170. The Bertz CT molecular complexity index is 837. The van der Waals surface area contributed by atoms with E-state index in [0.29, 0.717) is 6.61 Å². The van der Waals surface area contributed by atoms with Crippen molar-refractivity contribution in [2.24, 2.45) is 5.92 Å². The second-order valence-corrected chi connectivity index (χ2v) is 9.45. The number of hydrogen-bond donors (Lipinski definition) is 2. The van der Waals surface area contributed by atoms with E-state index in [1.54, 1.807) is 0 Å². The van der Waals surface area contributed by atoms with Crippen LogP contribution < -0.4 is 10.0 Å². The van der Waals surface area contributed by atoms with E-state index in [-0.39, 0.29) is 40.1 Å². The lowest BCUT2D eigenvalue weighted by molar-refractivity contribution is -0.125. The number of ether oxygens (including phenoxy) is 2. The van der Waals surface area contributed by atoms with E-state index in [1.165, 1.54) is 12.1 Å². The van der Waals surface area contributed by atoms with Crippen LogP contribution >= 0.6 is 11.6 Å². The van der Waals surface area contributed by atoms with Gasteiger partial charge in [0.2, 0.25) is 10.0 Å². The molecule has 1 aliphatic rings. The van der Waals surface area contributed by atoms with Crippen LogP contribution in [0.15, 0.2) is 23.1 Å². The van der Waals surface area contributed by atoms with Crippen molar-refractivity contribution in [1.29, 1.82) is 0 Å². The van der Waals surface area contributed by atoms with Crippen molar-refractivity contribution in [2.45, 2.75) is 50.7 Å². The minimum Gasteiger partial charge on any atom is -0.452 e. The molecule has 0 bridgehead atoms. The number of halogens is 1. The number of nitrogens with one attached hydrogen (secondary N) is 2. The summed E-state index contributed by atoms with van der Waals surface area (Å²) in [6.45, 7) is 6.04. The van der Waals surface area contributed by atoms with Crippen LogP contribution in [0.5, 0.6) is 0 Å². The third-order valence-corrected chi connectivity index (χ3v) is 6.61. The first-order chi connectivity index (χ1) is 13.6. The lowest BCUT2D eigenvalue weighted by Crippen LogP contribution is -2.38. The third kappa shape index (κ3) is 6.95. The molecule has 0 aromatic heterocycles. The highest BCUT2D eigenvalue weighted by molar-refractivity contribution is 7.89. The molecule has 10 heteroatoms. The molecule has 0 radical (unpaired) electrons. The molecule has 1 aromatic rings. The average Bonchev–Trinajstić information content (AvgIpc) is 3.18. The number of rotatable bonds is 9. The maximum atomic E-state index is 12.6. The molecule has 8 nitrogen and oxygen atoms in total. The minimum atomic E-state index is -3.94. The molecule has 0 saturated carbocycles. The van der Waals surface area contributed by atoms with Gasteiger partial charge < -0.3 is 14.8 Å². The quantitative estimate of drug-likeness (QED) is 0.562. The Balaban J connectivity index is 2.01. The van der Waals surface area contributed by atoms with Gasteiger partial charge in [0, 0.05) is 19.2 Å². The number of esters is 1. The molecule has 2 N–H and O–H groups in total. The maximum absolute atomic E-state index is 12.6. The highest BCUT2D eigenvalue weighted by Gasteiger charge is 2.24. The average molecular weight is 447 g/mol. The molecule has 2 atom stereocenters. The monoisotopic (exact) mass is 446 g/mol. The van der Waals surface area contributed by atoms with Crippen molar-refractivity contribution in [2.75, 3.05) is 19.8 Å². The van der Waals surface area contributed by atoms with E-state index < -0.39 is 28.5 Å². The SMILES string of the molecule is CC(C)[C@@H](C)NC(=O)COC(=O)c1ccc(Cl)c(S(=O)(=O)NC[C@H]2CCCO2)c1. The zero-order chi connectivity index (χ0) is 21.6. The highest BCUT2D eigenvalue weighted by atomic mass is 35.5. The largest absolute Gasteiger partial charge is 0.452 e. The van der Waals surface area contributed by atoms with Crippen LogP contribution in [0, 0.1) is 5.92 Å². The zero-order valence-corrected chi connectivity index (χ0v) is 18.3. The standard InChI is InChI=1S/C19H27ClN2O6S/c1-12(2)13(3)22-18(23)11-28-19(24)14-6-7-16(20)17(9-14)29(25,26)21-10-15-5-4-8-27-15/h6-7,9,12-13,15,21H,4-5,8,10-11H2,1-3H3,(H,22,23)/t13-,15-/m1/s1. The number of sulfonamides is 1. The molecular weight excluding hydrogens is 420 g/mol. The van der Waals surface area contributed by atoms with Crippen LogP contribution in [-0.2, 0) is 24.3 Å². The first-order valence-electron chi connectivity index (χ1n) is 9.47. The van der Waals surface area contributed by atoms with Crippen LogP contribution in [-0.4, -0.2) is 52.2 Å². The van der Waals surface area contributed by atoms with Crippen molar-refractivity contribution in [3.63, 3.8) is 0 Å². The molecule has 0 aliphatic carbocycles. The normalized spacial score (nSPS) is 17.9. The summed E-state index contributed by atoms with van der Waals surface area (Å²) in [4.78, 5) is 23.9. The molecule has 162 valence electrons. The van der Waals surface area contributed by atoms with Crippen molar-refractivity contribution in [3.05, 3.63) is 28.8 Å². The third-order valence-electron chi connectivity index (χ3n) is 4.70. The lowest BCUT2D eigenvalue weighted by Gasteiger charge is -2.17. The molecule has 1 aliphatic heterocycles. The van der Waals surface area contributed by atoms with Crippen LogP contribution in [0.25, 0.3) is 0 Å². The number of hydrogen-bond acceptors (Lipinski definition) is 6. The highest BCUT2D eigenvalue weighted by Crippen LogP contribution is 2.23. The van der Waals surface area contributed by atoms with Crippen LogP contribution in [0.1, 0.15) is 44.0 Å². The second kappa shape index (κ2) is 10.4. The Labute approximate surface area is 176 Å². The Morgan fingerprint density at radius 3 is 2.66 bits per heavy atom. The summed E-state index contributed by atoms with van der Waals surface area (Å²) in [6.07, 6.45) is 1.49. The van der Waals surface area contributed by atoms with Gasteiger partial charge in [-0.2, -0.15) is 0 Å². The van der Waals surface area contributed by atoms with Gasteiger partial charge in [-0.15, -0.1) is 0 Å². The minimum absolute atomic E-state index is 0.0170. The van der Waals surface area contributed by atoms with Crippen LogP contribution in [0.2, 0.25) is 5.02 Å². The summed E-state index contributed by atoms with van der Waals surface area (Å²) in [5.74, 6) is -1.01. The molecular formula is C19H27ClN2O6S. The number of amides is 1. The van der Waals surface area contributed by atoms with E-state index in [9.17, 15) is 18.0 Å². The fraction of sp³-hybridized carbons (Fsp3) is 0.579. The molecule has 1 fully saturated rings. The van der Waals surface area contributed by atoms with E-state index in [0.717, 1.165) is 18.9 Å².